The Morgan fingerprint density at radius 2 is 2.00 bits per heavy atom. The molecule has 2 aromatic heterocycles. The third kappa shape index (κ3) is 2.54. The zero-order valence-electron chi connectivity index (χ0n) is 10.9. The van der Waals surface area contributed by atoms with Crippen LogP contribution in [0.3, 0.4) is 0 Å². The number of nitrogens with zero attached hydrogens (tertiary/aromatic N) is 2. The summed E-state index contributed by atoms with van der Waals surface area (Å²) in [5.74, 6) is 0.764. The Labute approximate surface area is 116 Å². The van der Waals surface area contributed by atoms with Gasteiger partial charge in [-0.1, -0.05) is 0 Å². The Morgan fingerprint density at radius 3 is 2.80 bits per heavy atom. The average molecular weight is 266 g/mol. The topological polar surface area (TPSA) is 44.1 Å². The zero-order chi connectivity index (χ0) is 13.8. The monoisotopic (exact) mass is 266 g/mol. The van der Waals surface area contributed by atoms with Crippen molar-refractivity contribution in [2.24, 2.45) is 0 Å². The van der Waals surface area contributed by atoms with Gasteiger partial charge in [-0.15, -0.1) is 0 Å². The van der Waals surface area contributed by atoms with E-state index in [-0.39, 0.29) is 0 Å². The van der Waals surface area contributed by atoms with Gasteiger partial charge in [-0.05, 0) is 42.5 Å². The van der Waals surface area contributed by atoms with Gasteiger partial charge in [-0.25, -0.2) is 4.98 Å². The number of rotatable bonds is 5. The van der Waals surface area contributed by atoms with Crippen molar-refractivity contribution in [3.63, 3.8) is 0 Å². The molecule has 1 aromatic carbocycles. The van der Waals surface area contributed by atoms with Crippen LogP contribution in [0.2, 0.25) is 0 Å². The fourth-order valence-corrected chi connectivity index (χ4v) is 2.11. The van der Waals surface area contributed by atoms with Crippen LogP contribution in [0.4, 0.5) is 0 Å². The van der Waals surface area contributed by atoms with Crippen LogP contribution >= 0.6 is 0 Å². The van der Waals surface area contributed by atoms with E-state index in [4.69, 9.17) is 4.74 Å². The minimum atomic E-state index is 0.556. The van der Waals surface area contributed by atoms with Crippen molar-refractivity contribution in [3.8, 4) is 5.75 Å². The van der Waals surface area contributed by atoms with Crippen molar-refractivity contribution in [1.82, 2.24) is 9.55 Å². The summed E-state index contributed by atoms with van der Waals surface area (Å²) in [7, 11) is 0. The van der Waals surface area contributed by atoms with Gasteiger partial charge in [0.15, 0.2) is 0 Å². The summed E-state index contributed by atoms with van der Waals surface area (Å²) in [5, 5.41) is 1.13. The molecule has 0 fully saturated rings. The summed E-state index contributed by atoms with van der Waals surface area (Å²) < 4.78 is 7.73. The van der Waals surface area contributed by atoms with Crippen LogP contribution in [0.15, 0.2) is 54.9 Å². The van der Waals surface area contributed by atoms with Crippen LogP contribution in [0, 0.1) is 0 Å². The minimum Gasteiger partial charge on any atom is -0.492 e. The van der Waals surface area contributed by atoms with Crippen LogP contribution in [-0.2, 0) is 6.54 Å². The Balaban J connectivity index is 1.63. The summed E-state index contributed by atoms with van der Waals surface area (Å²) >= 11 is 0. The lowest BCUT2D eigenvalue weighted by molar-refractivity contribution is 0.112. The number of aromatic nitrogens is 2. The first-order valence-corrected chi connectivity index (χ1v) is 6.45. The number of aldehydes is 1. The van der Waals surface area contributed by atoms with Crippen LogP contribution in [-0.4, -0.2) is 22.4 Å². The van der Waals surface area contributed by atoms with Crippen molar-refractivity contribution in [1.29, 1.82) is 0 Å². The maximum atomic E-state index is 10.6. The highest BCUT2D eigenvalue weighted by Gasteiger charge is 2.01. The summed E-state index contributed by atoms with van der Waals surface area (Å²) in [6.45, 7) is 1.29. The largest absolute Gasteiger partial charge is 0.492 e. The van der Waals surface area contributed by atoms with Gasteiger partial charge in [0.2, 0.25) is 0 Å². The first-order valence-electron chi connectivity index (χ1n) is 6.45. The normalized spacial score (nSPS) is 10.6. The van der Waals surface area contributed by atoms with E-state index >= 15 is 0 Å². The quantitative estimate of drug-likeness (QED) is 0.667. The molecule has 0 saturated heterocycles. The highest BCUT2D eigenvalue weighted by molar-refractivity contribution is 5.75. The molecule has 0 aliphatic heterocycles. The van der Waals surface area contributed by atoms with Gasteiger partial charge in [0, 0.05) is 23.3 Å². The molecule has 0 saturated carbocycles. The summed E-state index contributed by atoms with van der Waals surface area (Å²) in [4.78, 5) is 14.9. The summed E-state index contributed by atoms with van der Waals surface area (Å²) in [6, 6.07) is 13.1. The molecule has 4 nitrogen and oxygen atoms in total. The molecule has 3 rings (SSSR count). The second kappa shape index (κ2) is 5.57. The van der Waals surface area contributed by atoms with E-state index < -0.39 is 0 Å². The van der Waals surface area contributed by atoms with Gasteiger partial charge in [0.25, 0.3) is 0 Å². The maximum absolute atomic E-state index is 10.6. The lowest BCUT2D eigenvalue weighted by Crippen LogP contribution is -2.07. The maximum Gasteiger partial charge on any atom is 0.150 e. The van der Waals surface area contributed by atoms with Gasteiger partial charge < -0.3 is 9.30 Å². The number of carbonyl (C=O) groups excluding carboxylic acids is 1. The van der Waals surface area contributed by atoms with Gasteiger partial charge >= 0.3 is 0 Å². The molecule has 0 amide bonds. The molecule has 4 heteroatoms. The van der Waals surface area contributed by atoms with Crippen molar-refractivity contribution in [2.75, 3.05) is 6.61 Å². The SMILES string of the molecule is O=Cc1ccc(OCCn2ccc3cccnc32)cc1. The fourth-order valence-electron chi connectivity index (χ4n) is 2.11. The van der Waals surface area contributed by atoms with Crippen molar-refractivity contribution < 1.29 is 9.53 Å². The van der Waals surface area contributed by atoms with E-state index in [2.05, 4.69) is 9.55 Å². The smallest absolute Gasteiger partial charge is 0.150 e. The third-order valence-electron chi connectivity index (χ3n) is 3.14. The Bertz CT molecular complexity index is 717. The lowest BCUT2D eigenvalue weighted by atomic mass is 10.2. The van der Waals surface area contributed by atoms with Crippen LogP contribution in [0.25, 0.3) is 11.0 Å². The second-order valence-electron chi connectivity index (χ2n) is 4.46. The molecular formula is C16H14N2O2. The molecule has 0 aliphatic carbocycles. The van der Waals surface area contributed by atoms with Crippen LogP contribution in [0.1, 0.15) is 10.4 Å². The summed E-state index contributed by atoms with van der Waals surface area (Å²) in [5.41, 5.74) is 1.62. The zero-order valence-corrected chi connectivity index (χ0v) is 10.9. The lowest BCUT2D eigenvalue weighted by Gasteiger charge is -2.07. The molecule has 0 N–H and O–H groups in total. The van der Waals surface area contributed by atoms with E-state index in [0.717, 1.165) is 29.6 Å². The van der Waals surface area contributed by atoms with Gasteiger partial charge in [0.1, 0.15) is 24.3 Å². The van der Waals surface area contributed by atoms with Crippen LogP contribution < -0.4 is 4.74 Å². The Hall–Kier alpha value is -2.62. The van der Waals surface area contributed by atoms with E-state index in [0.29, 0.717) is 12.2 Å². The molecule has 0 unspecified atom stereocenters. The first kappa shape index (κ1) is 12.4. The van der Waals surface area contributed by atoms with Gasteiger partial charge in [-0.3, -0.25) is 4.79 Å². The molecule has 0 aliphatic rings. The third-order valence-corrected chi connectivity index (χ3v) is 3.14. The minimum absolute atomic E-state index is 0.556. The highest BCUT2D eigenvalue weighted by Crippen LogP contribution is 2.14. The number of fused-ring (bicyclic) bond motifs is 1. The number of pyridine rings is 1. The molecule has 20 heavy (non-hydrogen) atoms. The molecule has 100 valence electrons. The molecule has 3 aromatic rings. The average Bonchev–Trinajstić information content (AvgIpc) is 2.92. The number of benzene rings is 1. The molecule has 0 radical (unpaired) electrons. The van der Waals surface area contributed by atoms with E-state index in [9.17, 15) is 4.79 Å². The number of ether oxygens (including phenoxy) is 1. The van der Waals surface area contributed by atoms with Gasteiger partial charge in [-0.2, -0.15) is 0 Å². The Morgan fingerprint density at radius 1 is 1.15 bits per heavy atom. The first-order chi connectivity index (χ1) is 9.86. The number of carbonyl (C=O) groups is 1. The predicted octanol–water partition coefficient (Wildman–Crippen LogP) is 2.93. The van der Waals surface area contributed by atoms with Gasteiger partial charge in [0.05, 0.1) is 6.54 Å². The molecule has 0 atom stereocenters. The molecule has 0 spiro atoms. The standard InChI is InChI=1S/C16H14N2O2/c19-12-13-3-5-15(6-4-13)20-11-10-18-9-7-14-2-1-8-17-16(14)18/h1-9,12H,10-11H2. The highest BCUT2D eigenvalue weighted by atomic mass is 16.5. The Kier molecular flexibility index (Phi) is 3.46. The van der Waals surface area contributed by atoms with Crippen LogP contribution in [0.5, 0.6) is 5.75 Å². The number of hydrogen-bond acceptors (Lipinski definition) is 3. The summed E-state index contributed by atoms with van der Waals surface area (Å²) in [6.07, 6.45) is 4.62. The second-order valence-corrected chi connectivity index (χ2v) is 4.46. The molecular weight excluding hydrogens is 252 g/mol. The molecule has 2 heterocycles. The van der Waals surface area contributed by atoms with Crippen molar-refractivity contribution in [3.05, 3.63) is 60.4 Å². The van der Waals surface area contributed by atoms with E-state index in [1.165, 1.54) is 0 Å². The molecule has 0 bridgehead atoms. The van der Waals surface area contributed by atoms with Crippen molar-refractivity contribution >= 4 is 17.3 Å². The fraction of sp³-hybridized carbons (Fsp3) is 0.125. The van der Waals surface area contributed by atoms with E-state index in [1.54, 1.807) is 30.5 Å². The van der Waals surface area contributed by atoms with E-state index in [1.807, 2.05) is 24.4 Å². The van der Waals surface area contributed by atoms with Crippen molar-refractivity contribution in [2.45, 2.75) is 6.54 Å². The number of hydrogen-bond donors (Lipinski definition) is 0. The predicted molar refractivity (Wildman–Crippen MR) is 77.1 cm³/mol.